The van der Waals surface area contributed by atoms with E-state index in [4.69, 9.17) is 10.7 Å². The van der Waals surface area contributed by atoms with Gasteiger partial charge < -0.3 is 15.6 Å². The maximum atomic E-state index is 6.35. The lowest BCUT2D eigenvalue weighted by atomic mass is 9.95. The summed E-state index contributed by atoms with van der Waals surface area (Å²) in [4.78, 5) is 5.13. The number of nitrogens with two attached hydrogens (primary N) is 1. The Bertz CT molecular complexity index is 2330. The van der Waals surface area contributed by atoms with Gasteiger partial charge in [-0.25, -0.2) is 4.99 Å². The first-order valence-corrected chi connectivity index (χ1v) is 16.5. The molecule has 1 heterocycles. The number of hydrogen-bond acceptors (Lipinski definition) is 3. The van der Waals surface area contributed by atoms with Crippen LogP contribution in [0.25, 0.3) is 44.1 Å². The van der Waals surface area contributed by atoms with Gasteiger partial charge >= 0.3 is 0 Å². The number of hydrogen-bond donors (Lipinski definition) is 2. The molecule has 1 unspecified atom stereocenters. The minimum Gasteiger partial charge on any atom is -0.397 e. The molecule has 0 saturated carbocycles. The molecule has 1 aliphatic carbocycles. The second kappa shape index (κ2) is 12.9. The molecule has 0 aliphatic heterocycles. The van der Waals surface area contributed by atoms with E-state index >= 15 is 0 Å². The van der Waals surface area contributed by atoms with Crippen molar-refractivity contribution in [2.45, 2.75) is 19.0 Å². The molecule has 0 fully saturated rings. The van der Waals surface area contributed by atoms with E-state index in [-0.39, 0.29) is 6.04 Å². The second-order valence-electron chi connectivity index (χ2n) is 12.2. The summed E-state index contributed by atoms with van der Waals surface area (Å²) < 4.78 is 2.38. The number of fused-ring (bicyclic) bond motifs is 3. The van der Waals surface area contributed by atoms with E-state index in [0.29, 0.717) is 12.2 Å². The summed E-state index contributed by atoms with van der Waals surface area (Å²) in [7, 11) is 0. The largest absolute Gasteiger partial charge is 0.397 e. The van der Waals surface area contributed by atoms with E-state index in [9.17, 15) is 0 Å². The molecule has 232 valence electrons. The van der Waals surface area contributed by atoms with Crippen molar-refractivity contribution in [3.63, 3.8) is 0 Å². The van der Waals surface area contributed by atoms with Gasteiger partial charge in [0.25, 0.3) is 0 Å². The number of benzene rings is 6. The fourth-order valence-electron chi connectivity index (χ4n) is 6.70. The topological polar surface area (TPSA) is 55.3 Å². The predicted octanol–water partition coefficient (Wildman–Crippen LogP) is 10.8. The normalized spacial score (nSPS) is 14.5. The Morgan fingerprint density at radius 2 is 1.38 bits per heavy atom. The van der Waals surface area contributed by atoms with Gasteiger partial charge in [-0.1, -0.05) is 127 Å². The van der Waals surface area contributed by atoms with Gasteiger partial charge in [0.2, 0.25) is 0 Å². The lowest BCUT2D eigenvalue weighted by Gasteiger charge is -2.20. The highest BCUT2D eigenvalue weighted by Gasteiger charge is 2.17. The summed E-state index contributed by atoms with van der Waals surface area (Å²) in [5, 5.41) is 6.22. The molecule has 4 nitrogen and oxygen atoms in total. The monoisotopic (exact) mass is 620 g/mol. The smallest absolute Gasteiger partial charge is 0.0863 e. The fraction of sp³-hybridized carbons (Fsp3) is 0.0682. The van der Waals surface area contributed by atoms with Crippen LogP contribution in [0.4, 0.5) is 17.1 Å². The molecule has 0 spiro atoms. The predicted molar refractivity (Wildman–Crippen MR) is 204 cm³/mol. The van der Waals surface area contributed by atoms with E-state index in [1.165, 1.54) is 44.1 Å². The Labute approximate surface area is 281 Å². The fourth-order valence-corrected chi connectivity index (χ4v) is 6.70. The first kappa shape index (κ1) is 29.3. The average molecular weight is 621 g/mol. The maximum absolute atomic E-state index is 6.35. The summed E-state index contributed by atoms with van der Waals surface area (Å²) in [6, 6.07) is 51.4. The van der Waals surface area contributed by atoms with Gasteiger partial charge in [-0.15, -0.1) is 0 Å². The van der Waals surface area contributed by atoms with E-state index in [2.05, 4.69) is 149 Å². The number of allylic oxidation sites excluding steroid dienone is 2. The lowest BCUT2D eigenvalue weighted by Crippen LogP contribution is -2.17. The van der Waals surface area contributed by atoms with Gasteiger partial charge in [0, 0.05) is 39.1 Å². The molecule has 0 saturated heterocycles. The number of para-hydroxylation sites is 3. The summed E-state index contributed by atoms with van der Waals surface area (Å²) in [5.41, 5.74) is 18.1. The Kier molecular flexibility index (Phi) is 7.89. The number of aromatic nitrogens is 1. The van der Waals surface area contributed by atoms with Crippen LogP contribution in [0.3, 0.4) is 0 Å². The molecule has 4 heteroatoms. The van der Waals surface area contributed by atoms with Crippen molar-refractivity contribution in [1.29, 1.82) is 0 Å². The Balaban J connectivity index is 1.23. The lowest BCUT2D eigenvalue weighted by molar-refractivity contribution is 0.884. The highest BCUT2D eigenvalue weighted by Crippen LogP contribution is 2.37. The van der Waals surface area contributed by atoms with Gasteiger partial charge in [-0.05, 0) is 71.1 Å². The van der Waals surface area contributed by atoms with Gasteiger partial charge in [0.05, 0.1) is 23.6 Å². The van der Waals surface area contributed by atoms with Crippen LogP contribution in [0.15, 0.2) is 175 Å². The van der Waals surface area contributed by atoms with Crippen LogP contribution >= 0.6 is 0 Å². The molecule has 0 radical (unpaired) electrons. The maximum Gasteiger partial charge on any atom is 0.0863 e. The Morgan fingerprint density at radius 3 is 2.19 bits per heavy atom. The van der Waals surface area contributed by atoms with Crippen molar-refractivity contribution in [2.24, 2.45) is 4.99 Å². The van der Waals surface area contributed by atoms with Gasteiger partial charge in [0.15, 0.2) is 0 Å². The summed E-state index contributed by atoms with van der Waals surface area (Å²) in [6.45, 7) is 0.602. The van der Waals surface area contributed by atoms with Crippen molar-refractivity contribution >= 4 is 44.6 Å². The first-order valence-electron chi connectivity index (χ1n) is 16.5. The molecule has 1 atom stereocenters. The molecule has 3 N–H and O–H groups in total. The summed E-state index contributed by atoms with van der Waals surface area (Å²) >= 11 is 0. The number of nitrogens with zero attached hydrogens (tertiary/aromatic N) is 2. The number of nitrogen functional groups attached to an aromatic ring is 1. The van der Waals surface area contributed by atoms with Crippen LogP contribution in [0.5, 0.6) is 0 Å². The van der Waals surface area contributed by atoms with Crippen LogP contribution in [0.1, 0.15) is 12.0 Å². The van der Waals surface area contributed by atoms with Gasteiger partial charge in [-0.2, -0.15) is 0 Å². The van der Waals surface area contributed by atoms with Crippen molar-refractivity contribution in [2.75, 3.05) is 11.1 Å². The zero-order valence-electron chi connectivity index (χ0n) is 26.6. The standard InChI is InChI=1S/C44H36N4/c45-39-21-11-12-22-41(39)47-42(32-16-6-2-7-17-32)30-48-43-23-13-10-20-36(43)38-29-34(25-27-44(38)48)33-24-26-40(46-35-18-8-3-9-19-35)37(28-33)31-14-4-1-5-15-31/h1-18,20-29,35,46H,19,30,45H2. The molecule has 0 bridgehead atoms. The van der Waals surface area contributed by atoms with Crippen molar-refractivity contribution in [3.05, 3.63) is 175 Å². The number of rotatable bonds is 8. The highest BCUT2D eigenvalue weighted by molar-refractivity contribution is 6.11. The number of aliphatic imine (C=N–C) groups is 1. The van der Waals surface area contributed by atoms with E-state index < -0.39 is 0 Å². The van der Waals surface area contributed by atoms with Crippen LogP contribution in [0, 0.1) is 0 Å². The molecule has 8 rings (SSSR count). The third kappa shape index (κ3) is 5.80. The first-order chi connectivity index (χ1) is 23.7. The quantitative estimate of drug-likeness (QED) is 0.131. The highest BCUT2D eigenvalue weighted by atomic mass is 15.0. The third-order valence-electron chi connectivity index (χ3n) is 9.14. The Hall–Kier alpha value is -6.13. The van der Waals surface area contributed by atoms with E-state index in [1.54, 1.807) is 0 Å². The van der Waals surface area contributed by atoms with Crippen molar-refractivity contribution < 1.29 is 0 Å². The van der Waals surface area contributed by atoms with Crippen LogP contribution in [0.2, 0.25) is 0 Å². The zero-order valence-corrected chi connectivity index (χ0v) is 26.6. The minimum atomic E-state index is 0.272. The second-order valence-corrected chi connectivity index (χ2v) is 12.2. The molecule has 1 aromatic heterocycles. The van der Waals surface area contributed by atoms with E-state index in [0.717, 1.165) is 29.1 Å². The molecule has 1 aliphatic rings. The molecule has 7 aromatic rings. The number of nitrogens with one attached hydrogen (secondary N) is 1. The van der Waals surface area contributed by atoms with Crippen LogP contribution in [-0.2, 0) is 6.54 Å². The molecule has 6 aromatic carbocycles. The van der Waals surface area contributed by atoms with Gasteiger partial charge in [0.1, 0.15) is 0 Å². The van der Waals surface area contributed by atoms with E-state index in [1.807, 2.05) is 30.3 Å². The molecular formula is C44H36N4. The number of anilines is 2. The summed E-state index contributed by atoms with van der Waals surface area (Å²) in [5.74, 6) is 0. The minimum absolute atomic E-state index is 0.272. The molecular weight excluding hydrogens is 585 g/mol. The van der Waals surface area contributed by atoms with Crippen LogP contribution in [-0.4, -0.2) is 16.3 Å². The Morgan fingerprint density at radius 1 is 0.667 bits per heavy atom. The third-order valence-corrected chi connectivity index (χ3v) is 9.14. The summed E-state index contributed by atoms with van der Waals surface area (Å²) in [6.07, 6.45) is 9.65. The molecule has 48 heavy (non-hydrogen) atoms. The molecule has 0 amide bonds. The van der Waals surface area contributed by atoms with Gasteiger partial charge in [-0.3, -0.25) is 0 Å². The SMILES string of the molecule is Nc1ccccc1N=C(Cn1c2ccccc2c2cc(-c3ccc(NC4C=CC=CC4)c(-c4ccccc4)c3)ccc21)c1ccccc1. The van der Waals surface area contributed by atoms with Crippen molar-refractivity contribution in [1.82, 2.24) is 4.57 Å². The van der Waals surface area contributed by atoms with Crippen LogP contribution < -0.4 is 11.1 Å². The zero-order chi connectivity index (χ0) is 32.3. The van der Waals surface area contributed by atoms with Crippen molar-refractivity contribution in [3.8, 4) is 22.3 Å². The average Bonchev–Trinajstić information content (AvgIpc) is 3.46.